The van der Waals surface area contributed by atoms with Crippen molar-refractivity contribution in [2.24, 2.45) is 0 Å². The second kappa shape index (κ2) is 10.8. The Hall–Kier alpha value is -3.61. The molecular formula is C28H33NO6. The van der Waals surface area contributed by atoms with Crippen LogP contribution < -0.4 is 15.7 Å². The number of benzene rings is 2. The monoisotopic (exact) mass is 479 g/mol. The smallest absolute Gasteiger partial charge is 0.408 e. The quantitative estimate of drug-likeness (QED) is 0.269. The van der Waals surface area contributed by atoms with Crippen molar-refractivity contribution in [2.75, 3.05) is 0 Å². The maximum atomic E-state index is 12.9. The third-order valence-corrected chi connectivity index (χ3v) is 5.64. The predicted molar refractivity (Wildman–Crippen MR) is 135 cm³/mol. The summed E-state index contributed by atoms with van der Waals surface area (Å²) in [5, 5.41) is 3.37. The summed E-state index contributed by atoms with van der Waals surface area (Å²) in [6.45, 7) is 10.8. The van der Waals surface area contributed by atoms with Crippen LogP contribution in [0.15, 0.2) is 51.7 Å². The number of alkyl carbamates (subject to hydrolysis) is 1. The normalized spacial score (nSPS) is 12.3. The molecule has 35 heavy (non-hydrogen) atoms. The van der Waals surface area contributed by atoms with Gasteiger partial charge >= 0.3 is 17.7 Å². The Bertz CT molecular complexity index is 1270. The van der Waals surface area contributed by atoms with Crippen molar-refractivity contribution < 1.29 is 23.5 Å². The molecule has 0 unspecified atom stereocenters. The van der Waals surface area contributed by atoms with Crippen LogP contribution in [0.1, 0.15) is 62.8 Å². The fourth-order valence-electron chi connectivity index (χ4n) is 3.85. The molecule has 0 radical (unpaired) electrons. The maximum absolute atomic E-state index is 12.9. The van der Waals surface area contributed by atoms with Crippen LogP contribution in [0.4, 0.5) is 4.79 Å². The molecule has 7 heteroatoms. The van der Waals surface area contributed by atoms with Gasteiger partial charge in [0.05, 0.1) is 0 Å². The Morgan fingerprint density at radius 2 is 1.71 bits per heavy atom. The average Bonchev–Trinajstić information content (AvgIpc) is 2.78. The molecule has 1 aromatic heterocycles. The standard InChI is InChI=1S/C28H33NO6/c1-7-11-22(29-27(32)35-28(4,5)6)26(31)33-23-15-14-20-17(2)21(16-19-12-9-8-10-13-19)25(30)34-24(20)18(23)3/h8-10,12-15,22H,7,11,16H2,1-6H3,(H,29,32)/t22-/m0/s1. The SMILES string of the molecule is CCC[C@H](NC(=O)OC(C)(C)C)C(=O)Oc1ccc2c(C)c(Cc3ccccc3)c(=O)oc2c1C. The highest BCUT2D eigenvalue weighted by atomic mass is 16.6. The number of ether oxygens (including phenoxy) is 2. The number of esters is 1. The summed E-state index contributed by atoms with van der Waals surface area (Å²) in [4.78, 5) is 37.9. The van der Waals surface area contributed by atoms with Crippen LogP contribution in [0.25, 0.3) is 11.0 Å². The van der Waals surface area contributed by atoms with E-state index in [0.29, 0.717) is 36.0 Å². The molecule has 2 aromatic carbocycles. The van der Waals surface area contributed by atoms with Gasteiger partial charge in [0, 0.05) is 22.9 Å². The number of carbonyl (C=O) groups excluding carboxylic acids is 2. The van der Waals surface area contributed by atoms with Gasteiger partial charge in [0.25, 0.3) is 0 Å². The Morgan fingerprint density at radius 1 is 1.03 bits per heavy atom. The number of aryl methyl sites for hydroxylation is 2. The minimum Gasteiger partial charge on any atom is -0.444 e. The van der Waals surface area contributed by atoms with Gasteiger partial charge in [0.1, 0.15) is 23.0 Å². The van der Waals surface area contributed by atoms with Crippen LogP contribution in [0.5, 0.6) is 5.75 Å². The van der Waals surface area contributed by atoms with Gasteiger partial charge in [0.2, 0.25) is 0 Å². The van der Waals surface area contributed by atoms with E-state index in [-0.39, 0.29) is 5.75 Å². The Morgan fingerprint density at radius 3 is 2.34 bits per heavy atom. The summed E-state index contributed by atoms with van der Waals surface area (Å²) in [5.74, 6) is -0.340. The van der Waals surface area contributed by atoms with E-state index in [2.05, 4.69) is 5.32 Å². The van der Waals surface area contributed by atoms with Crippen molar-refractivity contribution in [1.29, 1.82) is 0 Å². The first kappa shape index (κ1) is 26.0. The number of hydrogen-bond acceptors (Lipinski definition) is 6. The largest absolute Gasteiger partial charge is 0.444 e. The van der Waals surface area contributed by atoms with Gasteiger partial charge in [-0.3, -0.25) is 0 Å². The molecular weight excluding hydrogens is 446 g/mol. The Kier molecular flexibility index (Phi) is 7.99. The van der Waals surface area contributed by atoms with Crippen LogP contribution in [0.3, 0.4) is 0 Å². The van der Waals surface area contributed by atoms with Crippen molar-refractivity contribution in [1.82, 2.24) is 5.32 Å². The van der Waals surface area contributed by atoms with Crippen LogP contribution in [0, 0.1) is 13.8 Å². The van der Waals surface area contributed by atoms with Gasteiger partial charge in [-0.15, -0.1) is 0 Å². The Labute approximate surface area is 205 Å². The maximum Gasteiger partial charge on any atom is 0.408 e. The molecule has 3 rings (SSSR count). The molecule has 0 saturated carbocycles. The third kappa shape index (κ3) is 6.50. The summed E-state index contributed by atoms with van der Waals surface area (Å²) in [6, 6.07) is 12.3. The fraction of sp³-hybridized carbons (Fsp3) is 0.393. The lowest BCUT2D eigenvalue weighted by Gasteiger charge is -2.23. The topological polar surface area (TPSA) is 94.8 Å². The van der Waals surface area contributed by atoms with Gasteiger partial charge in [-0.1, -0.05) is 43.7 Å². The summed E-state index contributed by atoms with van der Waals surface area (Å²) in [7, 11) is 0. The van der Waals surface area contributed by atoms with Crippen molar-refractivity contribution in [3.05, 3.63) is 75.1 Å². The molecule has 3 aromatic rings. The Balaban J connectivity index is 1.87. The molecule has 0 saturated heterocycles. The fourth-order valence-corrected chi connectivity index (χ4v) is 3.85. The number of hydrogen-bond donors (Lipinski definition) is 1. The minimum atomic E-state index is -0.869. The average molecular weight is 480 g/mol. The second-order valence-electron chi connectivity index (χ2n) is 9.63. The van der Waals surface area contributed by atoms with E-state index in [0.717, 1.165) is 16.5 Å². The molecule has 1 atom stereocenters. The zero-order valence-electron chi connectivity index (χ0n) is 21.2. The molecule has 0 aliphatic carbocycles. The molecule has 7 nitrogen and oxygen atoms in total. The highest BCUT2D eigenvalue weighted by molar-refractivity contribution is 5.88. The zero-order valence-corrected chi connectivity index (χ0v) is 21.2. The first-order valence-corrected chi connectivity index (χ1v) is 11.8. The number of rotatable bonds is 7. The number of fused-ring (bicyclic) bond motifs is 1. The van der Waals surface area contributed by atoms with Gasteiger partial charge in [0.15, 0.2) is 0 Å². The highest BCUT2D eigenvalue weighted by Crippen LogP contribution is 2.30. The van der Waals surface area contributed by atoms with Crippen molar-refractivity contribution >= 4 is 23.0 Å². The van der Waals surface area contributed by atoms with Gasteiger partial charge in [-0.2, -0.15) is 0 Å². The lowest BCUT2D eigenvalue weighted by molar-refractivity contribution is -0.137. The van der Waals surface area contributed by atoms with Crippen LogP contribution in [-0.2, 0) is 16.0 Å². The number of nitrogens with one attached hydrogen (secondary N) is 1. The lowest BCUT2D eigenvalue weighted by Crippen LogP contribution is -2.45. The molecule has 0 fully saturated rings. The molecule has 0 aliphatic rings. The molecule has 0 aliphatic heterocycles. The highest BCUT2D eigenvalue weighted by Gasteiger charge is 2.26. The summed E-state index contributed by atoms with van der Waals surface area (Å²) >= 11 is 0. The van der Waals surface area contributed by atoms with Gasteiger partial charge in [-0.05, 0) is 64.3 Å². The summed E-state index contributed by atoms with van der Waals surface area (Å²) < 4.78 is 16.6. The molecule has 0 bridgehead atoms. The number of carbonyl (C=O) groups is 2. The summed E-state index contributed by atoms with van der Waals surface area (Å²) in [6.07, 6.45) is 0.831. The van der Waals surface area contributed by atoms with Crippen LogP contribution in [-0.4, -0.2) is 23.7 Å². The molecule has 1 N–H and O–H groups in total. The number of amides is 1. The van der Waals surface area contributed by atoms with Gasteiger partial charge in [-0.25, -0.2) is 14.4 Å². The van der Waals surface area contributed by atoms with Gasteiger partial charge < -0.3 is 19.2 Å². The van der Waals surface area contributed by atoms with Crippen LogP contribution in [0.2, 0.25) is 0 Å². The zero-order chi connectivity index (χ0) is 25.8. The second-order valence-corrected chi connectivity index (χ2v) is 9.63. The van der Waals surface area contributed by atoms with E-state index in [4.69, 9.17) is 13.9 Å². The minimum absolute atomic E-state index is 0.271. The third-order valence-electron chi connectivity index (χ3n) is 5.64. The molecule has 0 spiro atoms. The molecule has 1 heterocycles. The van der Waals surface area contributed by atoms with E-state index < -0.39 is 29.3 Å². The van der Waals surface area contributed by atoms with Crippen molar-refractivity contribution in [3.63, 3.8) is 0 Å². The van der Waals surface area contributed by atoms with Crippen molar-refractivity contribution in [2.45, 2.75) is 72.4 Å². The molecule has 186 valence electrons. The van der Waals surface area contributed by atoms with Crippen LogP contribution >= 0.6 is 0 Å². The van der Waals surface area contributed by atoms with Crippen molar-refractivity contribution in [3.8, 4) is 5.75 Å². The summed E-state index contributed by atoms with van der Waals surface area (Å²) in [5.41, 5.74) is 2.25. The first-order chi connectivity index (χ1) is 16.5. The predicted octanol–water partition coefficient (Wildman–Crippen LogP) is 5.60. The molecule has 1 amide bonds. The van der Waals surface area contributed by atoms with E-state index in [1.165, 1.54) is 0 Å². The van der Waals surface area contributed by atoms with E-state index >= 15 is 0 Å². The van der Waals surface area contributed by atoms with E-state index in [9.17, 15) is 14.4 Å². The lowest BCUT2D eigenvalue weighted by atomic mass is 9.98. The van der Waals surface area contributed by atoms with E-state index in [1.807, 2.05) is 44.2 Å². The first-order valence-electron chi connectivity index (χ1n) is 11.8. The van der Waals surface area contributed by atoms with E-state index in [1.54, 1.807) is 39.8 Å².